The summed E-state index contributed by atoms with van der Waals surface area (Å²) >= 11 is 0. The molecule has 2 rings (SSSR count). The highest BCUT2D eigenvalue weighted by atomic mass is 32.2. The largest absolute Gasteiger partial charge is 0.493 e. The van der Waals surface area contributed by atoms with Gasteiger partial charge in [-0.25, -0.2) is 8.42 Å². The summed E-state index contributed by atoms with van der Waals surface area (Å²) < 4.78 is 29.1. The molecule has 0 bridgehead atoms. The third-order valence-electron chi connectivity index (χ3n) is 5.31. The molecule has 1 aromatic carbocycles. The maximum Gasteiger partial charge on any atom is 0.191 e. The number of ether oxygens (including phenoxy) is 1. The Morgan fingerprint density at radius 3 is 2.63 bits per heavy atom. The summed E-state index contributed by atoms with van der Waals surface area (Å²) in [7, 11) is -1.08. The van der Waals surface area contributed by atoms with E-state index in [0.717, 1.165) is 36.8 Å². The van der Waals surface area contributed by atoms with Gasteiger partial charge in [0.15, 0.2) is 15.8 Å². The Bertz CT molecular complexity index is 767. The van der Waals surface area contributed by atoms with Crippen molar-refractivity contribution in [2.45, 2.75) is 46.1 Å². The topological polar surface area (TPSA) is 83.0 Å². The molecule has 1 aliphatic rings. The second-order valence-corrected chi connectivity index (χ2v) is 10.2. The van der Waals surface area contributed by atoms with Crippen LogP contribution in [-0.2, 0) is 16.4 Å². The van der Waals surface area contributed by atoms with E-state index in [1.807, 2.05) is 0 Å². The third kappa shape index (κ3) is 8.92. The molecule has 0 atom stereocenters. The Morgan fingerprint density at radius 2 is 1.93 bits per heavy atom. The molecule has 0 spiro atoms. The fourth-order valence-corrected chi connectivity index (χ4v) is 4.64. The number of unbranched alkanes of at least 4 members (excludes halogenated alkanes) is 3. The maximum absolute atomic E-state index is 11.5. The smallest absolute Gasteiger partial charge is 0.191 e. The molecule has 0 amide bonds. The van der Waals surface area contributed by atoms with Crippen LogP contribution < -0.4 is 15.4 Å². The number of hydrogen-bond donors (Lipinski definition) is 2. The Labute approximate surface area is 182 Å². The quantitative estimate of drug-likeness (QED) is 0.314. The van der Waals surface area contributed by atoms with Crippen molar-refractivity contribution in [3.8, 4) is 5.75 Å². The van der Waals surface area contributed by atoms with Gasteiger partial charge >= 0.3 is 0 Å². The number of hydrogen-bond acceptors (Lipinski definition) is 5. The summed E-state index contributed by atoms with van der Waals surface area (Å²) in [6, 6.07) is 6.30. The number of sulfone groups is 1. The number of nitrogens with one attached hydrogen (secondary N) is 2. The minimum Gasteiger partial charge on any atom is -0.493 e. The van der Waals surface area contributed by atoms with Crippen LogP contribution in [0.2, 0.25) is 0 Å². The van der Waals surface area contributed by atoms with Gasteiger partial charge in [0.05, 0.1) is 18.1 Å². The van der Waals surface area contributed by atoms with E-state index in [0.29, 0.717) is 26.2 Å². The zero-order valence-corrected chi connectivity index (χ0v) is 19.6. The first-order valence-electron chi connectivity index (χ1n) is 11.0. The first-order chi connectivity index (χ1) is 14.4. The van der Waals surface area contributed by atoms with Gasteiger partial charge in [-0.15, -0.1) is 0 Å². The van der Waals surface area contributed by atoms with Crippen molar-refractivity contribution >= 4 is 15.8 Å². The Balaban J connectivity index is 1.77. The zero-order chi connectivity index (χ0) is 21.8. The van der Waals surface area contributed by atoms with Crippen molar-refractivity contribution in [3.63, 3.8) is 0 Å². The van der Waals surface area contributed by atoms with Gasteiger partial charge in [-0.2, -0.15) is 0 Å². The number of aliphatic imine (C=N–C) groups is 1. The predicted molar refractivity (Wildman–Crippen MR) is 124 cm³/mol. The number of nitrogens with zero attached hydrogens (tertiary/aromatic N) is 2. The first kappa shape index (κ1) is 24.5. The fourth-order valence-electron chi connectivity index (χ4n) is 3.36. The first-order valence-corrected chi connectivity index (χ1v) is 12.9. The van der Waals surface area contributed by atoms with Crippen molar-refractivity contribution in [2.24, 2.45) is 4.99 Å². The minimum atomic E-state index is -2.83. The molecular weight excluding hydrogens is 400 g/mol. The van der Waals surface area contributed by atoms with Gasteiger partial charge in [0.25, 0.3) is 0 Å². The van der Waals surface area contributed by atoms with Crippen molar-refractivity contribution in [2.75, 3.05) is 51.3 Å². The Morgan fingerprint density at radius 1 is 1.17 bits per heavy atom. The summed E-state index contributed by atoms with van der Waals surface area (Å²) in [5.41, 5.74) is 2.30. The molecule has 0 aromatic heterocycles. The Hall–Kier alpha value is -1.80. The standard InChI is InChI=1S/C22H38N4O3S/c1-4-5-6-7-14-29-21-17-19(2)8-9-20(21)18-25-22(23-3)24-10-11-26-12-15-30(27,28)16-13-26/h8-9,17H,4-7,10-16,18H2,1-3H3,(H2,23,24,25). The van der Waals surface area contributed by atoms with Crippen LogP contribution in [0.1, 0.15) is 43.7 Å². The molecule has 0 aliphatic carbocycles. The van der Waals surface area contributed by atoms with Crippen LogP contribution in [-0.4, -0.2) is 70.6 Å². The number of rotatable bonds is 11. The Kier molecular flexibility index (Phi) is 10.4. The minimum absolute atomic E-state index is 0.259. The van der Waals surface area contributed by atoms with Gasteiger partial charge < -0.3 is 15.4 Å². The third-order valence-corrected chi connectivity index (χ3v) is 6.91. The van der Waals surface area contributed by atoms with E-state index in [9.17, 15) is 8.42 Å². The number of benzene rings is 1. The van der Waals surface area contributed by atoms with Crippen LogP contribution in [0.5, 0.6) is 5.75 Å². The summed E-state index contributed by atoms with van der Waals surface area (Å²) in [6.45, 7) is 8.40. The summed E-state index contributed by atoms with van der Waals surface area (Å²) in [6.07, 6.45) is 4.76. The van der Waals surface area contributed by atoms with E-state index in [1.54, 1.807) is 7.05 Å². The average molecular weight is 439 g/mol. The molecule has 0 saturated carbocycles. The highest BCUT2D eigenvalue weighted by molar-refractivity contribution is 7.91. The van der Waals surface area contributed by atoms with Crippen LogP contribution in [0, 0.1) is 6.92 Å². The molecule has 8 heteroatoms. The van der Waals surface area contributed by atoms with Crippen LogP contribution in [0.25, 0.3) is 0 Å². The molecule has 170 valence electrons. The van der Waals surface area contributed by atoms with Crippen LogP contribution in [0.3, 0.4) is 0 Å². The number of guanidine groups is 1. The van der Waals surface area contributed by atoms with Gasteiger partial charge in [-0.1, -0.05) is 38.3 Å². The highest BCUT2D eigenvalue weighted by Gasteiger charge is 2.20. The van der Waals surface area contributed by atoms with Gasteiger partial charge in [-0.05, 0) is 25.0 Å². The highest BCUT2D eigenvalue weighted by Crippen LogP contribution is 2.21. The second-order valence-electron chi connectivity index (χ2n) is 7.87. The van der Waals surface area contributed by atoms with Crippen molar-refractivity contribution in [3.05, 3.63) is 29.3 Å². The predicted octanol–water partition coefficient (Wildman–Crippen LogP) is 2.35. The van der Waals surface area contributed by atoms with Gasteiger partial charge in [0.1, 0.15) is 5.75 Å². The maximum atomic E-state index is 11.5. The van der Waals surface area contributed by atoms with E-state index in [2.05, 4.69) is 52.6 Å². The number of aryl methyl sites for hydroxylation is 1. The molecule has 7 nitrogen and oxygen atoms in total. The summed E-state index contributed by atoms with van der Waals surface area (Å²) in [5, 5.41) is 6.66. The van der Waals surface area contributed by atoms with Gasteiger partial charge in [-0.3, -0.25) is 9.89 Å². The van der Waals surface area contributed by atoms with Crippen molar-refractivity contribution < 1.29 is 13.2 Å². The molecule has 2 N–H and O–H groups in total. The van der Waals surface area contributed by atoms with Crippen molar-refractivity contribution in [1.29, 1.82) is 0 Å². The molecule has 1 aliphatic heterocycles. The fraction of sp³-hybridized carbons (Fsp3) is 0.682. The van der Waals surface area contributed by atoms with Crippen LogP contribution >= 0.6 is 0 Å². The molecule has 30 heavy (non-hydrogen) atoms. The lowest BCUT2D eigenvalue weighted by molar-refractivity contribution is 0.299. The van der Waals surface area contributed by atoms with Gasteiger partial charge in [0, 0.05) is 45.3 Å². The molecule has 1 heterocycles. The van der Waals surface area contributed by atoms with Gasteiger partial charge in [0.2, 0.25) is 0 Å². The monoisotopic (exact) mass is 438 g/mol. The van der Waals surface area contributed by atoms with E-state index >= 15 is 0 Å². The summed E-state index contributed by atoms with van der Waals surface area (Å²) in [5.74, 6) is 2.18. The lowest BCUT2D eigenvalue weighted by atomic mass is 10.1. The lowest BCUT2D eigenvalue weighted by Crippen LogP contribution is -2.45. The average Bonchev–Trinajstić information content (AvgIpc) is 2.72. The van der Waals surface area contributed by atoms with E-state index < -0.39 is 9.84 Å². The molecule has 1 saturated heterocycles. The summed E-state index contributed by atoms with van der Waals surface area (Å²) in [4.78, 5) is 6.46. The van der Waals surface area contributed by atoms with Crippen LogP contribution in [0.15, 0.2) is 23.2 Å². The molecule has 0 unspecified atom stereocenters. The molecule has 1 fully saturated rings. The lowest BCUT2D eigenvalue weighted by Gasteiger charge is -2.26. The zero-order valence-electron chi connectivity index (χ0n) is 18.7. The van der Waals surface area contributed by atoms with Crippen molar-refractivity contribution in [1.82, 2.24) is 15.5 Å². The molecule has 0 radical (unpaired) electrons. The van der Waals surface area contributed by atoms with E-state index in [-0.39, 0.29) is 11.5 Å². The second kappa shape index (κ2) is 12.8. The normalized spacial score (nSPS) is 17.0. The molecular formula is C22H38N4O3S. The van der Waals surface area contributed by atoms with E-state index in [4.69, 9.17) is 4.74 Å². The molecule has 1 aromatic rings. The SMILES string of the molecule is CCCCCCOc1cc(C)ccc1CNC(=NC)NCCN1CCS(=O)(=O)CC1. The van der Waals surface area contributed by atoms with E-state index in [1.165, 1.54) is 24.8 Å². The van der Waals surface area contributed by atoms with Crippen LogP contribution in [0.4, 0.5) is 0 Å².